The third-order valence-electron chi connectivity index (χ3n) is 11.4. The maximum atomic E-state index is 5.25. The van der Waals surface area contributed by atoms with Gasteiger partial charge in [0.1, 0.15) is 0 Å². The molecule has 0 atom stereocenters. The number of allylic oxidation sites excluding steroid dienone is 4. The zero-order valence-corrected chi connectivity index (χ0v) is 29.8. The van der Waals surface area contributed by atoms with Crippen LogP contribution in [0.4, 0.5) is 0 Å². The highest BCUT2D eigenvalue weighted by Gasteiger charge is 2.23. The molecule has 0 saturated heterocycles. The maximum absolute atomic E-state index is 5.25. The first-order valence-corrected chi connectivity index (χ1v) is 19.0. The number of fused-ring (bicyclic) bond motifs is 9. The van der Waals surface area contributed by atoms with Gasteiger partial charge in [-0.15, -0.1) is 0 Å². The van der Waals surface area contributed by atoms with Gasteiger partial charge in [0, 0.05) is 27.3 Å². The first kappa shape index (κ1) is 30.9. The van der Waals surface area contributed by atoms with E-state index in [1.54, 1.807) is 0 Å². The Morgan fingerprint density at radius 2 is 1.11 bits per heavy atom. The van der Waals surface area contributed by atoms with E-state index in [2.05, 4.69) is 164 Å². The molecule has 3 heteroatoms. The molecule has 0 amide bonds. The van der Waals surface area contributed by atoms with Crippen molar-refractivity contribution in [2.24, 2.45) is 0 Å². The molecule has 2 aliphatic rings. The van der Waals surface area contributed by atoms with Crippen LogP contribution in [0.1, 0.15) is 29.7 Å². The monoisotopic (exact) mass is 689 g/mol. The predicted molar refractivity (Wildman–Crippen MR) is 225 cm³/mol. The minimum Gasteiger partial charge on any atom is -0.247 e. The van der Waals surface area contributed by atoms with Crippen LogP contribution in [0.25, 0.3) is 93.8 Å². The molecular weight excluding hydrogens is 655 g/mol. The minimum atomic E-state index is 0.946. The van der Waals surface area contributed by atoms with E-state index in [-0.39, 0.29) is 0 Å². The molecule has 54 heavy (non-hydrogen) atoms. The van der Waals surface area contributed by atoms with Gasteiger partial charge in [0.15, 0.2) is 0 Å². The van der Waals surface area contributed by atoms with E-state index < -0.39 is 0 Å². The SMILES string of the molecule is C1=CCCC(c2ccc3ccc4ccc(-c5ccc6cc(-c7ccc(-c8nc9ccccc9c9c8CCc8ccccc8-9)cc7)ccc6c5)nc4c3n2)=C1. The Hall–Kier alpha value is -6.71. The molecule has 0 saturated carbocycles. The normalized spacial score (nSPS) is 13.7. The van der Waals surface area contributed by atoms with Gasteiger partial charge in [-0.25, -0.2) is 15.0 Å². The average Bonchev–Trinajstić information content (AvgIpc) is 3.25. The summed E-state index contributed by atoms with van der Waals surface area (Å²) in [6.45, 7) is 0. The summed E-state index contributed by atoms with van der Waals surface area (Å²) in [4.78, 5) is 15.6. The second-order valence-corrected chi connectivity index (χ2v) is 14.6. The number of hydrogen-bond donors (Lipinski definition) is 0. The fraction of sp³-hybridized carbons (Fsp3) is 0.0784. The van der Waals surface area contributed by atoms with Gasteiger partial charge in [-0.3, -0.25) is 0 Å². The molecule has 11 rings (SSSR count). The highest BCUT2D eigenvalue weighted by atomic mass is 14.8. The van der Waals surface area contributed by atoms with Crippen LogP contribution in [0.5, 0.6) is 0 Å². The summed E-state index contributed by atoms with van der Waals surface area (Å²) in [5.74, 6) is 0. The van der Waals surface area contributed by atoms with Crippen molar-refractivity contribution in [1.82, 2.24) is 15.0 Å². The van der Waals surface area contributed by atoms with E-state index in [0.717, 1.165) is 81.2 Å². The van der Waals surface area contributed by atoms with Crippen LogP contribution in [-0.4, -0.2) is 15.0 Å². The molecule has 9 aromatic rings. The fourth-order valence-corrected chi connectivity index (χ4v) is 8.61. The zero-order valence-electron chi connectivity index (χ0n) is 29.8. The van der Waals surface area contributed by atoms with Gasteiger partial charge in [0.05, 0.1) is 33.6 Å². The molecule has 0 unspecified atom stereocenters. The Balaban J connectivity index is 0.925. The van der Waals surface area contributed by atoms with Gasteiger partial charge < -0.3 is 0 Å². The summed E-state index contributed by atoms with van der Waals surface area (Å²) in [6.07, 6.45) is 10.6. The predicted octanol–water partition coefficient (Wildman–Crippen LogP) is 13.0. The van der Waals surface area contributed by atoms with Crippen molar-refractivity contribution in [3.8, 4) is 44.8 Å². The molecule has 3 nitrogen and oxygen atoms in total. The van der Waals surface area contributed by atoms with Crippen molar-refractivity contribution in [3.05, 3.63) is 181 Å². The van der Waals surface area contributed by atoms with Crippen molar-refractivity contribution in [2.45, 2.75) is 25.7 Å². The fourth-order valence-electron chi connectivity index (χ4n) is 8.61. The Morgan fingerprint density at radius 3 is 1.93 bits per heavy atom. The molecular formula is C51H35N3. The van der Waals surface area contributed by atoms with Gasteiger partial charge in [0.2, 0.25) is 0 Å². The third kappa shape index (κ3) is 5.15. The largest absolute Gasteiger partial charge is 0.247 e. The lowest BCUT2D eigenvalue weighted by Gasteiger charge is -2.24. The second-order valence-electron chi connectivity index (χ2n) is 14.6. The third-order valence-corrected chi connectivity index (χ3v) is 11.4. The van der Waals surface area contributed by atoms with E-state index >= 15 is 0 Å². The highest BCUT2D eigenvalue weighted by Crippen LogP contribution is 2.42. The van der Waals surface area contributed by atoms with E-state index in [0.29, 0.717) is 0 Å². The first-order chi connectivity index (χ1) is 26.7. The van der Waals surface area contributed by atoms with Crippen molar-refractivity contribution in [2.75, 3.05) is 0 Å². The Bertz CT molecular complexity index is 3040. The van der Waals surface area contributed by atoms with Gasteiger partial charge in [-0.1, -0.05) is 133 Å². The summed E-state index contributed by atoms with van der Waals surface area (Å²) in [6, 6.07) is 52.8. The van der Waals surface area contributed by atoms with Crippen LogP contribution in [0, 0.1) is 0 Å². The van der Waals surface area contributed by atoms with E-state index in [1.165, 1.54) is 55.1 Å². The van der Waals surface area contributed by atoms with Crippen molar-refractivity contribution in [1.29, 1.82) is 0 Å². The smallest absolute Gasteiger partial charge is 0.0972 e. The lowest BCUT2D eigenvalue weighted by atomic mass is 9.82. The number of pyridine rings is 3. The summed E-state index contributed by atoms with van der Waals surface area (Å²) >= 11 is 0. The number of rotatable bonds is 4. The van der Waals surface area contributed by atoms with Crippen LogP contribution in [0.3, 0.4) is 0 Å². The van der Waals surface area contributed by atoms with Gasteiger partial charge >= 0.3 is 0 Å². The number of benzene rings is 6. The molecule has 3 aromatic heterocycles. The van der Waals surface area contributed by atoms with E-state index in [9.17, 15) is 0 Å². The summed E-state index contributed by atoms with van der Waals surface area (Å²) in [5, 5.41) is 5.85. The Kier molecular flexibility index (Phi) is 7.12. The lowest BCUT2D eigenvalue weighted by Crippen LogP contribution is -2.08. The van der Waals surface area contributed by atoms with Crippen LogP contribution in [-0.2, 0) is 12.8 Å². The van der Waals surface area contributed by atoms with Gasteiger partial charge in [0.25, 0.3) is 0 Å². The molecule has 254 valence electrons. The van der Waals surface area contributed by atoms with E-state index in [1.807, 2.05) is 0 Å². The molecule has 0 bridgehead atoms. The lowest BCUT2D eigenvalue weighted by molar-refractivity contribution is 0.940. The average molecular weight is 690 g/mol. The van der Waals surface area contributed by atoms with Crippen molar-refractivity contribution >= 4 is 49.1 Å². The topological polar surface area (TPSA) is 38.7 Å². The second kappa shape index (κ2) is 12.5. The first-order valence-electron chi connectivity index (χ1n) is 19.0. The van der Waals surface area contributed by atoms with E-state index in [4.69, 9.17) is 15.0 Å². The Morgan fingerprint density at radius 1 is 0.463 bits per heavy atom. The number of aryl methyl sites for hydroxylation is 1. The molecule has 0 spiro atoms. The summed E-state index contributed by atoms with van der Waals surface area (Å²) < 4.78 is 0. The standard InChI is InChI=1S/C51H35N3/c1-2-9-34(10-3-1)45-28-25-36-18-19-37-26-29-46(53-51(37)50(36)52-45)41-23-22-39-30-38(20-21-40(39)31-41)32-14-16-35(17-15-32)49-44-27-24-33-8-4-5-11-42(33)48(44)43-12-6-7-13-47(43)54-49/h1-2,4-9,11-23,25-26,28-31H,3,10,24,27H2. The highest BCUT2D eigenvalue weighted by molar-refractivity contribution is 6.04. The van der Waals surface area contributed by atoms with Crippen molar-refractivity contribution in [3.63, 3.8) is 0 Å². The zero-order chi connectivity index (χ0) is 35.6. The molecule has 0 fully saturated rings. The molecule has 0 N–H and O–H groups in total. The van der Waals surface area contributed by atoms with Gasteiger partial charge in [-0.05, 0) is 106 Å². The summed E-state index contributed by atoms with van der Waals surface area (Å²) in [7, 11) is 0. The summed E-state index contributed by atoms with van der Waals surface area (Å²) in [5.41, 5.74) is 17.4. The van der Waals surface area contributed by atoms with Crippen LogP contribution < -0.4 is 0 Å². The van der Waals surface area contributed by atoms with Crippen LogP contribution in [0.15, 0.2) is 164 Å². The number of aromatic nitrogens is 3. The van der Waals surface area contributed by atoms with Crippen molar-refractivity contribution < 1.29 is 0 Å². The number of hydrogen-bond acceptors (Lipinski definition) is 3. The van der Waals surface area contributed by atoms with Crippen LogP contribution in [0.2, 0.25) is 0 Å². The molecule has 6 aromatic carbocycles. The van der Waals surface area contributed by atoms with Crippen LogP contribution >= 0.6 is 0 Å². The number of para-hydroxylation sites is 1. The molecule has 2 aliphatic carbocycles. The Labute approximate surface area is 314 Å². The maximum Gasteiger partial charge on any atom is 0.0972 e. The number of nitrogens with zero attached hydrogens (tertiary/aromatic N) is 3. The van der Waals surface area contributed by atoms with Gasteiger partial charge in [-0.2, -0.15) is 0 Å². The molecule has 0 aliphatic heterocycles. The molecule has 3 heterocycles. The molecule has 0 radical (unpaired) electrons. The minimum absolute atomic E-state index is 0.946. The quantitative estimate of drug-likeness (QED) is 0.173.